The Balaban J connectivity index is 1.78. The summed E-state index contributed by atoms with van der Waals surface area (Å²) in [6, 6.07) is -0.944. The third kappa shape index (κ3) is 6.65. The average Bonchev–Trinajstić information content (AvgIpc) is 3.20. The van der Waals surface area contributed by atoms with Crippen LogP contribution in [-0.4, -0.2) is 75.1 Å². The van der Waals surface area contributed by atoms with E-state index in [0.717, 1.165) is 0 Å². The Labute approximate surface area is 191 Å². The highest BCUT2D eigenvalue weighted by Crippen LogP contribution is 2.66. The lowest BCUT2D eigenvalue weighted by Gasteiger charge is -2.25. The average molecular weight is 548 g/mol. The molecule has 1 aliphatic heterocycles. The molecular weight excluding hydrogens is 525 g/mol. The van der Waals surface area contributed by atoms with E-state index >= 15 is 0 Å². The van der Waals surface area contributed by atoms with Gasteiger partial charge in [-0.2, -0.15) is 8.62 Å². The predicted octanol–water partition coefficient (Wildman–Crippen LogP) is -0.623. The third-order valence-corrected chi connectivity index (χ3v) is 8.18. The quantitative estimate of drug-likeness (QED) is 0.182. The number of nitrogens with one attached hydrogen (secondary N) is 1. The van der Waals surface area contributed by atoms with E-state index in [2.05, 4.69) is 33.4 Å². The summed E-state index contributed by atoms with van der Waals surface area (Å²) in [6.07, 6.45) is -1.00. The van der Waals surface area contributed by atoms with Gasteiger partial charge in [0.1, 0.15) is 24.1 Å². The van der Waals surface area contributed by atoms with Crippen LogP contribution in [0.2, 0.25) is 0 Å². The van der Waals surface area contributed by atoms with Crippen molar-refractivity contribution in [2.24, 2.45) is 0 Å². The van der Waals surface area contributed by atoms with E-state index in [1.165, 1.54) is 17.2 Å². The van der Waals surface area contributed by atoms with Gasteiger partial charge in [0.25, 0.3) is 0 Å². The van der Waals surface area contributed by atoms with E-state index in [1.807, 2.05) is 0 Å². The second-order valence-corrected chi connectivity index (χ2v) is 11.8. The molecule has 0 amide bonds. The number of aliphatic hydroxyl groups excluding tert-OH is 1. The summed E-state index contributed by atoms with van der Waals surface area (Å²) in [4.78, 5) is 48.2. The van der Waals surface area contributed by atoms with Crippen LogP contribution in [0.4, 0.5) is 5.82 Å². The largest absolute Gasteiger partial charge is 0.490 e. The molecule has 1 aliphatic rings. The van der Waals surface area contributed by atoms with Crippen LogP contribution in [0.5, 0.6) is 0 Å². The fraction of sp³-hybridized carbons (Fsp3) is 0.615. The number of ether oxygens (including phenoxy) is 1. The Morgan fingerprint density at radius 2 is 1.82 bits per heavy atom. The van der Waals surface area contributed by atoms with Gasteiger partial charge in [-0.25, -0.2) is 28.6 Å². The lowest BCUT2D eigenvalue weighted by Crippen LogP contribution is -2.47. The number of imidazole rings is 1. The summed E-state index contributed by atoms with van der Waals surface area (Å²) >= 11 is 0. The molecule has 0 saturated carbocycles. The van der Waals surface area contributed by atoms with Crippen molar-refractivity contribution in [3.05, 3.63) is 12.7 Å². The molecule has 3 rings (SSSR count). The molecule has 0 aliphatic carbocycles. The fourth-order valence-corrected chi connectivity index (χ4v) is 6.24. The van der Waals surface area contributed by atoms with Gasteiger partial charge in [0.15, 0.2) is 17.7 Å². The monoisotopic (exact) mass is 548 g/mol. The number of phosphoric acid groups is 3. The maximum absolute atomic E-state index is 12.0. The van der Waals surface area contributed by atoms with Gasteiger partial charge in [-0.05, 0) is 0 Å². The lowest BCUT2D eigenvalue weighted by molar-refractivity contribution is -0.0433. The molecule has 21 heteroatoms. The molecule has 34 heavy (non-hydrogen) atoms. The fourth-order valence-electron chi connectivity index (χ4n) is 3.21. The number of hydrogen-bond acceptors (Lipinski definition) is 13. The zero-order chi connectivity index (χ0) is 25.5. The first-order valence-electron chi connectivity index (χ1n) is 9.39. The van der Waals surface area contributed by atoms with Gasteiger partial charge in [-0.1, -0.05) is 13.8 Å². The van der Waals surface area contributed by atoms with E-state index in [4.69, 9.17) is 20.3 Å². The normalized spacial score (nSPS) is 27.2. The maximum atomic E-state index is 12.0. The number of phosphoric ester groups is 1. The molecule has 1 fully saturated rings. The molecule has 3 heterocycles. The van der Waals surface area contributed by atoms with E-state index in [-0.39, 0.29) is 23.0 Å². The molecule has 3 unspecified atom stereocenters. The molecule has 18 nitrogen and oxygen atoms in total. The first-order valence-corrected chi connectivity index (χ1v) is 13.9. The van der Waals surface area contributed by atoms with Crippen molar-refractivity contribution in [1.82, 2.24) is 24.8 Å². The van der Waals surface area contributed by atoms with Crippen molar-refractivity contribution in [2.45, 2.75) is 44.4 Å². The minimum atomic E-state index is -5.68. The number of fused-ring (bicyclic) bond motifs is 1. The number of hydrogen-bond donors (Lipinski definition) is 7. The second kappa shape index (κ2) is 9.95. The highest BCUT2D eigenvalue weighted by atomic mass is 31.3. The van der Waals surface area contributed by atoms with Crippen molar-refractivity contribution < 1.29 is 56.3 Å². The molecule has 2 aromatic heterocycles. The number of rotatable bonds is 10. The van der Waals surface area contributed by atoms with Crippen molar-refractivity contribution >= 4 is 40.4 Å². The minimum Gasteiger partial charge on any atom is -0.389 e. The van der Waals surface area contributed by atoms with Crippen LogP contribution in [0.25, 0.3) is 11.2 Å². The van der Waals surface area contributed by atoms with Crippen molar-refractivity contribution in [3.63, 3.8) is 0 Å². The van der Waals surface area contributed by atoms with Crippen molar-refractivity contribution in [1.29, 1.82) is 0 Å². The van der Waals surface area contributed by atoms with Crippen LogP contribution in [0, 0.1) is 0 Å². The summed E-state index contributed by atoms with van der Waals surface area (Å²) in [5.74, 6) is 0.111. The van der Waals surface area contributed by atoms with Crippen LogP contribution in [0.3, 0.4) is 0 Å². The van der Waals surface area contributed by atoms with Crippen molar-refractivity contribution in [3.8, 4) is 0 Å². The van der Waals surface area contributed by atoms with Gasteiger partial charge in [-0.15, -0.1) is 0 Å². The highest BCUT2D eigenvalue weighted by molar-refractivity contribution is 7.66. The molecule has 6 atom stereocenters. The number of nitrogens with two attached hydrogens (primary N) is 1. The van der Waals surface area contributed by atoms with Gasteiger partial charge in [0, 0.05) is 6.04 Å². The Bertz CT molecular complexity index is 1170. The molecule has 2 aromatic rings. The van der Waals surface area contributed by atoms with E-state index in [0.29, 0.717) is 0 Å². The third-order valence-electron chi connectivity index (χ3n) is 4.38. The van der Waals surface area contributed by atoms with Crippen LogP contribution >= 0.6 is 23.5 Å². The van der Waals surface area contributed by atoms with Gasteiger partial charge in [0.2, 0.25) is 0 Å². The zero-order valence-electron chi connectivity index (χ0n) is 17.6. The smallest absolute Gasteiger partial charge is 0.389 e. The molecule has 0 bridgehead atoms. The molecule has 0 spiro atoms. The van der Waals surface area contributed by atoms with Crippen LogP contribution < -0.4 is 11.1 Å². The molecule has 0 aromatic carbocycles. The van der Waals surface area contributed by atoms with Crippen LogP contribution in [-0.2, 0) is 31.6 Å². The molecule has 8 N–H and O–H groups in total. The summed E-state index contributed by atoms with van der Waals surface area (Å²) in [6.45, 7) is 2.77. The highest BCUT2D eigenvalue weighted by Gasteiger charge is 2.47. The van der Waals surface area contributed by atoms with Crippen molar-refractivity contribution in [2.75, 3.05) is 12.3 Å². The standard InChI is InChI=1S/C13H23N6O12P3/c1-6(2)18-8-10(20)7(3-28-33(24,25)31-34(26,27)30-32(21,22)23)29-13(8)19-5-17-9-11(14)15-4-16-12(9)19/h4-8,10,13,18,20H,3H2,1-2H3,(H,24,25)(H,26,27)(H2,14,15,16)(H2,21,22,23)/t7-,8?,10+,13-/m1/s1. The number of nitrogens with zero attached hydrogens (tertiary/aromatic N) is 4. The van der Waals surface area contributed by atoms with Crippen LogP contribution in [0.1, 0.15) is 20.1 Å². The number of anilines is 1. The zero-order valence-corrected chi connectivity index (χ0v) is 20.2. The Morgan fingerprint density at radius 3 is 2.44 bits per heavy atom. The SMILES string of the molecule is CC(C)NC1[C@@H](O)[C@@H](COP(=O)(O)OP(=O)(O)OP(=O)(O)O)O[C@H]1n1cnc2c(N)ncnc21. The predicted molar refractivity (Wildman–Crippen MR) is 112 cm³/mol. The summed E-state index contributed by atoms with van der Waals surface area (Å²) in [7, 11) is -16.6. The van der Waals surface area contributed by atoms with Gasteiger partial charge < -0.3 is 40.5 Å². The Kier molecular flexibility index (Phi) is 7.97. The van der Waals surface area contributed by atoms with E-state index in [9.17, 15) is 28.6 Å². The van der Waals surface area contributed by atoms with Gasteiger partial charge in [-0.3, -0.25) is 9.09 Å². The van der Waals surface area contributed by atoms with Crippen LogP contribution in [0.15, 0.2) is 12.7 Å². The summed E-state index contributed by atoms with van der Waals surface area (Å²) in [5, 5.41) is 13.9. The number of nitrogen functional groups attached to an aromatic ring is 1. The topological polar surface area (TPSA) is 271 Å². The molecule has 192 valence electrons. The first-order chi connectivity index (χ1) is 15.6. The van der Waals surface area contributed by atoms with Gasteiger partial charge >= 0.3 is 23.5 Å². The summed E-state index contributed by atoms with van der Waals surface area (Å²) in [5.41, 5.74) is 6.36. The maximum Gasteiger partial charge on any atom is 0.490 e. The lowest BCUT2D eigenvalue weighted by atomic mass is 10.1. The minimum absolute atomic E-state index is 0.111. The molecule has 0 radical (unpaired) electrons. The Morgan fingerprint density at radius 1 is 1.15 bits per heavy atom. The second-order valence-electron chi connectivity index (χ2n) is 7.37. The first kappa shape index (κ1) is 27.2. The van der Waals surface area contributed by atoms with Gasteiger partial charge in [0.05, 0.1) is 19.0 Å². The molecule has 1 saturated heterocycles. The molecular formula is C13H23N6O12P3. The Hall–Kier alpha value is -1.36. The number of aromatic nitrogens is 4. The van der Waals surface area contributed by atoms with E-state index < -0.39 is 54.6 Å². The summed E-state index contributed by atoms with van der Waals surface area (Å²) < 4.78 is 53.4. The van der Waals surface area contributed by atoms with E-state index in [1.54, 1.807) is 13.8 Å². The number of aliphatic hydroxyl groups is 1.